The van der Waals surface area contributed by atoms with Crippen molar-refractivity contribution in [1.82, 2.24) is 9.80 Å². The number of hydrogen-bond donors (Lipinski definition) is 0. The second-order valence-corrected chi connectivity index (χ2v) is 11.9. The van der Waals surface area contributed by atoms with Crippen LogP contribution in [0.2, 0.25) is 0 Å². The van der Waals surface area contributed by atoms with Crippen molar-refractivity contribution in [3.8, 4) is 0 Å². The first-order valence-corrected chi connectivity index (χ1v) is 10.6. The summed E-state index contributed by atoms with van der Waals surface area (Å²) in [4.78, 5) is 4.36. The minimum atomic E-state index is -0.116. The fourth-order valence-electron chi connectivity index (χ4n) is 0.981. The smallest absolute Gasteiger partial charge is 0.376 e. The molecule has 0 radical (unpaired) electrons. The summed E-state index contributed by atoms with van der Waals surface area (Å²) in [5.41, 5.74) is 7.54. The molecule has 0 aliphatic heterocycles. The van der Waals surface area contributed by atoms with Gasteiger partial charge in [0, 0.05) is 13.1 Å². The first-order chi connectivity index (χ1) is 13.0. The summed E-state index contributed by atoms with van der Waals surface area (Å²) in [6, 6.07) is 0. The van der Waals surface area contributed by atoms with Gasteiger partial charge in [-0.25, -0.2) is 0 Å². The standard InChI is InChI=1S/2C8H18N3.C6H16N2.Fe/c2*1-7(2,3)9-11-10-8(4,5)6;1-7(2)5-6-8(3)4;/h2*1-6H3;5-6H2,1-4H3;/q2*-1;;+2. The van der Waals surface area contributed by atoms with E-state index in [0.29, 0.717) is 0 Å². The molecule has 0 heterocycles. The summed E-state index contributed by atoms with van der Waals surface area (Å²) >= 11 is 0. The van der Waals surface area contributed by atoms with Gasteiger partial charge in [-0.15, -0.1) is 0 Å². The second-order valence-electron chi connectivity index (χ2n) is 11.9. The summed E-state index contributed by atoms with van der Waals surface area (Å²) in [6.45, 7) is 26.2. The number of rotatable bonds is 5. The zero-order valence-corrected chi connectivity index (χ0v) is 24.4. The van der Waals surface area contributed by atoms with Crippen molar-refractivity contribution in [2.75, 3.05) is 41.3 Å². The molecule has 0 rings (SSSR count). The Hall–Kier alpha value is -0.761. The van der Waals surface area contributed by atoms with Crippen molar-refractivity contribution in [2.24, 2.45) is 20.7 Å². The molecular weight excluding hydrogens is 432 g/mol. The molecule has 0 unspecified atom stereocenters. The number of likely N-dealkylation sites (N-methyl/N-ethyl adjacent to an activating group) is 2. The van der Waals surface area contributed by atoms with Crippen molar-refractivity contribution < 1.29 is 17.1 Å². The van der Waals surface area contributed by atoms with Crippen LogP contribution in [0.3, 0.4) is 0 Å². The molecule has 0 N–H and O–H groups in total. The zero-order valence-electron chi connectivity index (χ0n) is 23.3. The molecule has 0 spiro atoms. The molecule has 0 aromatic heterocycles. The maximum absolute atomic E-state index is 4.00. The average Bonchev–Trinajstić information content (AvgIpc) is 2.40. The van der Waals surface area contributed by atoms with Crippen LogP contribution in [0.1, 0.15) is 83.1 Å². The molecule has 0 aliphatic rings. The van der Waals surface area contributed by atoms with Crippen molar-refractivity contribution >= 4 is 0 Å². The van der Waals surface area contributed by atoms with E-state index >= 15 is 0 Å². The van der Waals surface area contributed by atoms with E-state index in [1.807, 2.05) is 83.1 Å². The first kappa shape index (κ1) is 37.5. The van der Waals surface area contributed by atoms with Crippen LogP contribution in [0, 0.1) is 0 Å². The average molecular weight is 485 g/mol. The van der Waals surface area contributed by atoms with Crippen LogP contribution in [0.5, 0.6) is 0 Å². The molecule has 0 saturated carbocycles. The van der Waals surface area contributed by atoms with E-state index in [2.05, 4.69) is 69.5 Å². The topological polar surface area (TPSA) is 84.1 Å². The van der Waals surface area contributed by atoms with Crippen LogP contribution in [-0.4, -0.2) is 73.2 Å². The zero-order chi connectivity index (χ0) is 24.8. The van der Waals surface area contributed by atoms with Gasteiger partial charge in [0.1, 0.15) is 0 Å². The molecule has 0 aliphatic carbocycles. The fraction of sp³-hybridized carbons (Fsp3) is 1.00. The van der Waals surface area contributed by atoms with E-state index in [0.717, 1.165) is 13.1 Å². The van der Waals surface area contributed by atoms with Crippen LogP contribution in [0.15, 0.2) is 20.7 Å². The van der Waals surface area contributed by atoms with Gasteiger partial charge >= 0.3 is 17.1 Å². The van der Waals surface area contributed by atoms with Gasteiger partial charge in [0.25, 0.3) is 0 Å². The van der Waals surface area contributed by atoms with Crippen LogP contribution in [-0.2, 0) is 17.1 Å². The van der Waals surface area contributed by atoms with Crippen molar-refractivity contribution in [3.05, 3.63) is 10.9 Å². The van der Waals surface area contributed by atoms with Gasteiger partial charge in [-0.1, -0.05) is 83.1 Å². The molecule has 0 amide bonds. The Morgan fingerprint density at radius 3 is 0.871 bits per heavy atom. The maximum atomic E-state index is 4.00. The summed E-state index contributed by atoms with van der Waals surface area (Å²) in [5.74, 6) is 0. The van der Waals surface area contributed by atoms with Gasteiger partial charge in [-0.3, -0.25) is 10.4 Å². The van der Waals surface area contributed by atoms with E-state index in [1.165, 1.54) is 0 Å². The molecule has 0 bridgehead atoms. The van der Waals surface area contributed by atoms with E-state index < -0.39 is 0 Å². The Bertz CT molecular complexity index is 418. The molecule has 0 aromatic rings. The normalized spacial score (nSPS) is 12.8. The SMILES string of the molecule is CC(C)(C)N=N[N-]C(C)(C)C.CC(C)(C)N=N[N-]C(C)(C)C.CN(C)CCN(C)C.[Fe+2]. The summed E-state index contributed by atoms with van der Waals surface area (Å²) in [5, 5.41) is 15.5. The van der Waals surface area contributed by atoms with Crippen molar-refractivity contribution in [3.63, 3.8) is 0 Å². The van der Waals surface area contributed by atoms with Crippen molar-refractivity contribution in [2.45, 2.75) is 105 Å². The Balaban J connectivity index is -0.000000176. The Morgan fingerprint density at radius 1 is 0.516 bits per heavy atom. The van der Waals surface area contributed by atoms with Gasteiger partial charge in [0.05, 0.1) is 0 Å². The van der Waals surface area contributed by atoms with E-state index in [9.17, 15) is 0 Å². The third-order valence-electron chi connectivity index (χ3n) is 2.37. The summed E-state index contributed by atoms with van der Waals surface area (Å²) in [6.07, 6.45) is 0. The third-order valence-corrected chi connectivity index (χ3v) is 2.37. The summed E-state index contributed by atoms with van der Waals surface area (Å²) < 4.78 is 0. The molecule has 188 valence electrons. The predicted octanol–water partition coefficient (Wildman–Crippen LogP) is 6.76. The monoisotopic (exact) mass is 484 g/mol. The van der Waals surface area contributed by atoms with Crippen molar-refractivity contribution in [1.29, 1.82) is 0 Å². The minimum absolute atomic E-state index is 0. The fourth-order valence-corrected chi connectivity index (χ4v) is 0.981. The van der Waals surface area contributed by atoms with Gasteiger partial charge in [0.15, 0.2) is 0 Å². The Kier molecular flexibility index (Phi) is 20.4. The summed E-state index contributed by atoms with van der Waals surface area (Å²) in [7, 11) is 8.35. The molecule has 31 heavy (non-hydrogen) atoms. The number of nitrogens with zero attached hydrogens (tertiary/aromatic N) is 8. The van der Waals surface area contributed by atoms with Crippen LogP contribution in [0.4, 0.5) is 0 Å². The molecule has 0 atom stereocenters. The van der Waals surface area contributed by atoms with Gasteiger partial charge < -0.3 is 30.9 Å². The molecule has 8 nitrogen and oxygen atoms in total. The van der Waals surface area contributed by atoms with Crippen LogP contribution < -0.4 is 0 Å². The third kappa shape index (κ3) is 53.0. The minimum Gasteiger partial charge on any atom is -0.376 e. The predicted molar refractivity (Wildman–Crippen MR) is 133 cm³/mol. The Labute approximate surface area is 204 Å². The van der Waals surface area contributed by atoms with Gasteiger partial charge in [-0.05, 0) is 50.3 Å². The van der Waals surface area contributed by atoms with E-state index in [-0.39, 0.29) is 39.2 Å². The van der Waals surface area contributed by atoms with E-state index in [4.69, 9.17) is 0 Å². The van der Waals surface area contributed by atoms with E-state index in [1.54, 1.807) is 0 Å². The van der Waals surface area contributed by atoms with Crippen LogP contribution >= 0.6 is 0 Å². The second kappa shape index (κ2) is 16.8. The molecule has 0 aromatic carbocycles. The molecular formula is C22H52FeN8. The first-order valence-electron chi connectivity index (χ1n) is 10.6. The molecule has 9 heteroatoms. The maximum Gasteiger partial charge on any atom is 2.00 e. The largest absolute Gasteiger partial charge is 2.00 e. The number of hydrogen-bond acceptors (Lipinski definition) is 6. The molecule has 0 saturated heterocycles. The van der Waals surface area contributed by atoms with Crippen LogP contribution in [0.25, 0.3) is 10.9 Å². The Morgan fingerprint density at radius 2 is 0.742 bits per heavy atom. The van der Waals surface area contributed by atoms with Gasteiger partial charge in [0.2, 0.25) is 0 Å². The quantitative estimate of drug-likeness (QED) is 0.245. The van der Waals surface area contributed by atoms with Gasteiger partial charge in [-0.2, -0.15) is 0 Å². The molecule has 0 fully saturated rings.